The van der Waals surface area contributed by atoms with Gasteiger partial charge in [-0.05, 0) is 42.3 Å². The Hall–Kier alpha value is -2.46. The molecule has 0 radical (unpaired) electrons. The molecule has 4 heteroatoms. The van der Waals surface area contributed by atoms with Crippen molar-refractivity contribution in [2.45, 2.75) is 13.3 Å². The third kappa shape index (κ3) is 3.23. The molecule has 0 fully saturated rings. The van der Waals surface area contributed by atoms with E-state index in [-0.39, 0.29) is 11.5 Å². The van der Waals surface area contributed by atoms with Crippen molar-refractivity contribution in [3.8, 4) is 16.2 Å². The topological polar surface area (TPSA) is 50.2 Å². The van der Waals surface area contributed by atoms with Gasteiger partial charge in [-0.2, -0.15) is 0 Å². The summed E-state index contributed by atoms with van der Waals surface area (Å²) in [6.45, 7) is 2.01. The summed E-state index contributed by atoms with van der Waals surface area (Å²) in [4.78, 5) is 17.5. The highest BCUT2D eigenvalue weighted by molar-refractivity contribution is 7.17. The normalized spacial score (nSPS) is 10.6. The highest BCUT2D eigenvalue weighted by Gasteiger charge is 2.13. The first-order valence-electron chi connectivity index (χ1n) is 6.96. The van der Waals surface area contributed by atoms with E-state index in [9.17, 15) is 9.90 Å². The van der Waals surface area contributed by atoms with Gasteiger partial charge in [0.15, 0.2) is 10.8 Å². The van der Waals surface area contributed by atoms with Crippen LogP contribution in [0, 0.1) is 6.92 Å². The van der Waals surface area contributed by atoms with Crippen molar-refractivity contribution >= 4 is 17.1 Å². The highest BCUT2D eigenvalue weighted by Crippen LogP contribution is 2.28. The number of nitrogens with zero attached hydrogens (tertiary/aromatic N) is 1. The molecule has 0 aliphatic carbocycles. The van der Waals surface area contributed by atoms with Gasteiger partial charge >= 0.3 is 0 Å². The molecule has 0 aliphatic heterocycles. The molecule has 0 unspecified atom stereocenters. The van der Waals surface area contributed by atoms with Gasteiger partial charge in [0.25, 0.3) is 0 Å². The van der Waals surface area contributed by atoms with E-state index in [2.05, 4.69) is 4.98 Å². The molecule has 3 aromatic rings. The summed E-state index contributed by atoms with van der Waals surface area (Å²) in [5.74, 6) is 0.254. The fourth-order valence-electron chi connectivity index (χ4n) is 2.25. The van der Waals surface area contributed by atoms with Gasteiger partial charge in [-0.15, -0.1) is 11.3 Å². The first kappa shape index (κ1) is 14.5. The van der Waals surface area contributed by atoms with E-state index in [1.165, 1.54) is 11.3 Å². The minimum atomic E-state index is 0.0284. The largest absolute Gasteiger partial charge is 0.508 e. The molecule has 1 heterocycles. The van der Waals surface area contributed by atoms with Gasteiger partial charge in [0, 0.05) is 12.6 Å². The maximum Gasteiger partial charge on any atom is 0.195 e. The van der Waals surface area contributed by atoms with Crippen molar-refractivity contribution in [1.29, 1.82) is 0 Å². The van der Waals surface area contributed by atoms with E-state index >= 15 is 0 Å². The lowest BCUT2D eigenvalue weighted by Crippen LogP contribution is -2.02. The van der Waals surface area contributed by atoms with Crippen molar-refractivity contribution in [2.24, 2.45) is 0 Å². The van der Waals surface area contributed by atoms with Crippen LogP contribution in [0.2, 0.25) is 0 Å². The molecule has 0 amide bonds. The highest BCUT2D eigenvalue weighted by atomic mass is 32.1. The van der Waals surface area contributed by atoms with Gasteiger partial charge in [0.05, 0.1) is 4.88 Å². The number of rotatable bonds is 4. The smallest absolute Gasteiger partial charge is 0.195 e. The van der Waals surface area contributed by atoms with Crippen LogP contribution in [0.4, 0.5) is 0 Å². The molecule has 0 atom stereocenters. The van der Waals surface area contributed by atoms with Gasteiger partial charge in [-0.25, -0.2) is 4.98 Å². The summed E-state index contributed by atoms with van der Waals surface area (Å²) >= 11 is 1.38. The van der Waals surface area contributed by atoms with E-state index in [0.717, 1.165) is 21.6 Å². The monoisotopic (exact) mass is 309 g/mol. The average Bonchev–Trinajstić information content (AvgIpc) is 2.98. The number of aryl methyl sites for hydroxylation is 1. The summed E-state index contributed by atoms with van der Waals surface area (Å²) in [6.07, 6.45) is 2.07. The number of aromatic hydroxyl groups is 1. The van der Waals surface area contributed by atoms with Gasteiger partial charge in [-0.3, -0.25) is 4.79 Å². The van der Waals surface area contributed by atoms with Crippen LogP contribution in [-0.2, 0) is 6.42 Å². The SMILES string of the molecule is Cc1cccc(CC(=O)c2ncc(-c3ccc(O)cc3)s2)c1. The van der Waals surface area contributed by atoms with Gasteiger partial charge in [0.2, 0.25) is 0 Å². The van der Waals surface area contributed by atoms with E-state index in [1.807, 2.05) is 43.3 Å². The van der Waals surface area contributed by atoms with Crippen LogP contribution < -0.4 is 0 Å². The first-order chi connectivity index (χ1) is 10.6. The molecule has 110 valence electrons. The number of Topliss-reactive ketones (excluding diaryl/α,β-unsaturated/α-hetero) is 1. The molecule has 0 aliphatic rings. The molecule has 1 N–H and O–H groups in total. The summed E-state index contributed by atoms with van der Waals surface area (Å²) in [5, 5.41) is 9.84. The van der Waals surface area contributed by atoms with Crippen molar-refractivity contribution < 1.29 is 9.90 Å². The van der Waals surface area contributed by atoms with Crippen LogP contribution in [0.3, 0.4) is 0 Å². The van der Waals surface area contributed by atoms with Crippen LogP contribution >= 0.6 is 11.3 Å². The van der Waals surface area contributed by atoms with Gasteiger partial charge < -0.3 is 5.11 Å². The fourth-order valence-corrected chi connectivity index (χ4v) is 3.10. The first-order valence-corrected chi connectivity index (χ1v) is 7.77. The Bertz CT molecular complexity index is 806. The number of aromatic nitrogens is 1. The Morgan fingerprint density at radius 1 is 1.18 bits per heavy atom. The quantitative estimate of drug-likeness (QED) is 0.733. The zero-order valence-electron chi connectivity index (χ0n) is 12.1. The molecule has 0 saturated carbocycles. The zero-order chi connectivity index (χ0) is 15.5. The Balaban J connectivity index is 1.78. The molecule has 2 aromatic carbocycles. The van der Waals surface area contributed by atoms with Crippen molar-refractivity contribution in [3.63, 3.8) is 0 Å². The predicted molar refractivity (Wildman–Crippen MR) is 88.4 cm³/mol. The van der Waals surface area contributed by atoms with Crippen molar-refractivity contribution in [1.82, 2.24) is 4.98 Å². The molecule has 0 saturated heterocycles. The molecular weight excluding hydrogens is 294 g/mol. The minimum Gasteiger partial charge on any atom is -0.508 e. The molecule has 3 rings (SSSR count). The predicted octanol–water partition coefficient (Wildman–Crippen LogP) is 4.25. The summed E-state index contributed by atoms with van der Waals surface area (Å²) in [6, 6.07) is 14.8. The van der Waals surface area contributed by atoms with E-state index < -0.39 is 0 Å². The maximum atomic E-state index is 12.3. The van der Waals surface area contributed by atoms with Crippen LogP contribution in [0.25, 0.3) is 10.4 Å². The summed E-state index contributed by atoms with van der Waals surface area (Å²) < 4.78 is 0. The molecular formula is C18H15NO2S. The molecule has 22 heavy (non-hydrogen) atoms. The van der Waals surface area contributed by atoms with Crippen LogP contribution in [0.1, 0.15) is 20.9 Å². The second-order valence-electron chi connectivity index (χ2n) is 5.17. The lowest BCUT2D eigenvalue weighted by Gasteiger charge is -2.00. The van der Waals surface area contributed by atoms with Crippen molar-refractivity contribution in [2.75, 3.05) is 0 Å². The summed E-state index contributed by atoms with van der Waals surface area (Å²) in [5.41, 5.74) is 3.10. The Morgan fingerprint density at radius 3 is 2.68 bits per heavy atom. The number of thiazole rings is 1. The minimum absolute atomic E-state index is 0.0284. The van der Waals surface area contributed by atoms with Crippen molar-refractivity contribution in [3.05, 3.63) is 70.9 Å². The van der Waals surface area contributed by atoms with Crippen LogP contribution in [0.15, 0.2) is 54.7 Å². The number of phenols is 1. The number of hydrogen-bond donors (Lipinski definition) is 1. The lowest BCUT2D eigenvalue weighted by molar-refractivity contribution is 0.0992. The Kier molecular flexibility index (Phi) is 4.02. The van der Waals surface area contributed by atoms with E-state index in [1.54, 1.807) is 18.3 Å². The number of hydrogen-bond acceptors (Lipinski definition) is 4. The maximum absolute atomic E-state index is 12.3. The van der Waals surface area contributed by atoms with E-state index in [0.29, 0.717) is 11.4 Å². The van der Waals surface area contributed by atoms with E-state index in [4.69, 9.17) is 0 Å². The number of ketones is 1. The van der Waals surface area contributed by atoms with Crippen LogP contribution in [0.5, 0.6) is 5.75 Å². The van der Waals surface area contributed by atoms with Gasteiger partial charge in [0.1, 0.15) is 5.75 Å². The average molecular weight is 309 g/mol. The number of carbonyl (C=O) groups is 1. The third-order valence-corrected chi connectivity index (χ3v) is 4.43. The Morgan fingerprint density at radius 2 is 1.95 bits per heavy atom. The Labute approximate surface area is 132 Å². The molecule has 0 spiro atoms. The number of carbonyl (C=O) groups excluding carboxylic acids is 1. The standard InChI is InChI=1S/C18H15NO2S/c1-12-3-2-4-13(9-12)10-16(21)18-19-11-17(22-18)14-5-7-15(20)8-6-14/h2-9,11,20H,10H2,1H3. The lowest BCUT2D eigenvalue weighted by atomic mass is 10.1. The second-order valence-corrected chi connectivity index (χ2v) is 6.20. The summed E-state index contributed by atoms with van der Waals surface area (Å²) in [7, 11) is 0. The third-order valence-electron chi connectivity index (χ3n) is 3.34. The fraction of sp³-hybridized carbons (Fsp3) is 0.111. The molecule has 3 nitrogen and oxygen atoms in total. The number of phenolic OH excluding ortho intramolecular Hbond substituents is 1. The van der Waals surface area contributed by atoms with Gasteiger partial charge in [-0.1, -0.05) is 29.8 Å². The number of benzene rings is 2. The molecule has 0 bridgehead atoms. The second kappa shape index (κ2) is 6.12. The zero-order valence-corrected chi connectivity index (χ0v) is 12.9. The molecule has 1 aromatic heterocycles. The van der Waals surface area contributed by atoms with Crippen LogP contribution in [-0.4, -0.2) is 15.9 Å².